The minimum atomic E-state index is -0.630. The monoisotopic (exact) mass is 452 g/mol. The Morgan fingerprint density at radius 1 is 0.812 bits per heavy atom. The summed E-state index contributed by atoms with van der Waals surface area (Å²) >= 11 is 0. The Balaban J connectivity index is 1.77. The van der Waals surface area contributed by atoms with Crippen molar-refractivity contribution in [1.82, 2.24) is 0 Å². The molecule has 0 aromatic heterocycles. The Bertz CT molecular complexity index is 497. The molecule has 2 rings (SSSR count). The van der Waals surface area contributed by atoms with E-state index in [1.165, 1.54) is 38.5 Å². The molecular formula is C29H56O3. The third kappa shape index (κ3) is 8.91. The van der Waals surface area contributed by atoms with E-state index in [-0.39, 0.29) is 6.10 Å². The van der Waals surface area contributed by atoms with Gasteiger partial charge in [0.1, 0.15) is 0 Å². The lowest BCUT2D eigenvalue weighted by molar-refractivity contribution is -0.0134. The van der Waals surface area contributed by atoms with E-state index in [1.54, 1.807) is 0 Å². The first-order valence-electron chi connectivity index (χ1n) is 14.0. The highest BCUT2D eigenvalue weighted by molar-refractivity contribution is 4.84. The Labute approximate surface area is 199 Å². The zero-order valence-electron chi connectivity index (χ0n) is 22.2. The van der Waals surface area contributed by atoms with Crippen molar-refractivity contribution in [3.05, 3.63) is 0 Å². The summed E-state index contributed by atoms with van der Waals surface area (Å²) in [5.41, 5.74) is 0.383. The van der Waals surface area contributed by atoms with Gasteiger partial charge in [0.25, 0.3) is 0 Å². The molecule has 0 amide bonds. The summed E-state index contributed by atoms with van der Waals surface area (Å²) in [6.45, 7) is 13.9. The van der Waals surface area contributed by atoms with Gasteiger partial charge >= 0.3 is 0 Å². The predicted molar refractivity (Wildman–Crippen MR) is 135 cm³/mol. The highest BCUT2D eigenvalue weighted by Crippen LogP contribution is 2.41. The van der Waals surface area contributed by atoms with Gasteiger partial charge in [-0.3, -0.25) is 0 Å². The van der Waals surface area contributed by atoms with Crippen LogP contribution in [-0.4, -0.2) is 33.6 Å². The van der Waals surface area contributed by atoms with Crippen LogP contribution in [0.4, 0.5) is 0 Å². The van der Waals surface area contributed by atoms with E-state index in [0.29, 0.717) is 35.5 Å². The normalized spacial score (nSPS) is 32.2. The van der Waals surface area contributed by atoms with Crippen LogP contribution in [0.5, 0.6) is 0 Å². The lowest BCUT2D eigenvalue weighted by Crippen LogP contribution is -2.33. The molecule has 0 bridgehead atoms. The van der Waals surface area contributed by atoms with Gasteiger partial charge in [-0.15, -0.1) is 0 Å². The van der Waals surface area contributed by atoms with Crippen LogP contribution in [0.1, 0.15) is 125 Å². The van der Waals surface area contributed by atoms with Crippen LogP contribution < -0.4 is 0 Å². The lowest BCUT2D eigenvalue weighted by Gasteiger charge is -2.38. The third-order valence-corrected chi connectivity index (χ3v) is 9.52. The molecule has 0 saturated heterocycles. The molecule has 2 aliphatic carbocycles. The summed E-state index contributed by atoms with van der Waals surface area (Å²) in [6.07, 6.45) is 12.5. The lowest BCUT2D eigenvalue weighted by atomic mass is 9.69. The Morgan fingerprint density at radius 2 is 1.41 bits per heavy atom. The molecule has 3 heteroatoms. The van der Waals surface area contributed by atoms with Crippen molar-refractivity contribution in [1.29, 1.82) is 0 Å². The van der Waals surface area contributed by atoms with Crippen LogP contribution in [0.25, 0.3) is 0 Å². The van der Waals surface area contributed by atoms with Crippen molar-refractivity contribution in [3.8, 4) is 0 Å². The maximum absolute atomic E-state index is 10.9. The fourth-order valence-electron chi connectivity index (χ4n) is 6.48. The fraction of sp³-hybridized carbons (Fsp3) is 1.00. The molecule has 5 atom stereocenters. The predicted octanol–water partition coefficient (Wildman–Crippen LogP) is 6.97. The first-order chi connectivity index (χ1) is 15.0. The first-order valence-corrected chi connectivity index (χ1v) is 14.0. The summed E-state index contributed by atoms with van der Waals surface area (Å²) in [4.78, 5) is 0. The molecule has 2 saturated carbocycles. The second-order valence-corrected chi connectivity index (χ2v) is 13.0. The molecule has 32 heavy (non-hydrogen) atoms. The maximum atomic E-state index is 10.9. The van der Waals surface area contributed by atoms with E-state index in [2.05, 4.69) is 41.5 Å². The zero-order valence-corrected chi connectivity index (χ0v) is 22.2. The fourth-order valence-corrected chi connectivity index (χ4v) is 6.48. The second kappa shape index (κ2) is 13.1. The van der Waals surface area contributed by atoms with E-state index in [9.17, 15) is 15.3 Å². The van der Waals surface area contributed by atoms with E-state index in [1.807, 2.05) is 0 Å². The highest BCUT2D eigenvalue weighted by atomic mass is 16.3. The average molecular weight is 453 g/mol. The maximum Gasteiger partial charge on any atom is 0.0801 e. The molecule has 2 fully saturated rings. The molecular weight excluding hydrogens is 396 g/mol. The summed E-state index contributed by atoms with van der Waals surface area (Å²) in [7, 11) is 0. The van der Waals surface area contributed by atoms with Gasteiger partial charge in [-0.05, 0) is 92.3 Å². The smallest absolute Gasteiger partial charge is 0.0801 e. The van der Waals surface area contributed by atoms with E-state index in [4.69, 9.17) is 0 Å². The van der Waals surface area contributed by atoms with Crippen LogP contribution in [0.2, 0.25) is 0 Å². The summed E-state index contributed by atoms with van der Waals surface area (Å²) in [5, 5.41) is 32.4. The molecule has 3 unspecified atom stereocenters. The second-order valence-electron chi connectivity index (χ2n) is 13.0. The minimum absolute atomic E-state index is 0.207. The summed E-state index contributed by atoms with van der Waals surface area (Å²) in [6, 6.07) is 0. The molecule has 2 aliphatic rings. The van der Waals surface area contributed by atoms with Crippen molar-refractivity contribution in [3.63, 3.8) is 0 Å². The Hall–Kier alpha value is -0.120. The number of aliphatic hydroxyl groups is 3. The van der Waals surface area contributed by atoms with E-state index >= 15 is 0 Å². The van der Waals surface area contributed by atoms with Gasteiger partial charge in [0.15, 0.2) is 0 Å². The standard InChI is InChI=1S/C29H56O3/c1-7-21(3)24(19-27(31)23-12-8-20(2)9-13-23)14-17-26(30)28(32)18-22-10-15-25(16-11-22)29(4,5)6/h20-28,30-32H,7-19H2,1-6H3/t20?,21?,22?,23?,24?,25?,26?,27-,28-/m0/s1. The van der Waals surface area contributed by atoms with Crippen LogP contribution in [0.3, 0.4) is 0 Å². The van der Waals surface area contributed by atoms with Crippen molar-refractivity contribution < 1.29 is 15.3 Å². The Morgan fingerprint density at radius 3 is 1.94 bits per heavy atom. The number of aliphatic hydroxyl groups excluding tert-OH is 3. The van der Waals surface area contributed by atoms with E-state index < -0.39 is 12.2 Å². The summed E-state index contributed by atoms with van der Waals surface area (Å²) < 4.78 is 0. The molecule has 3 nitrogen and oxygen atoms in total. The average Bonchev–Trinajstić information content (AvgIpc) is 2.75. The SMILES string of the molecule is CCC(C)C(CCC(O)[C@@H](O)CC1CCC(C(C)(C)C)CC1)C[C@H](O)C1CCC(C)CC1. The van der Waals surface area contributed by atoms with Crippen LogP contribution in [0, 0.1) is 40.9 Å². The van der Waals surface area contributed by atoms with E-state index in [0.717, 1.165) is 50.4 Å². The molecule has 0 aromatic carbocycles. The van der Waals surface area contributed by atoms with Crippen molar-refractivity contribution in [2.75, 3.05) is 0 Å². The van der Waals surface area contributed by atoms with Crippen LogP contribution >= 0.6 is 0 Å². The van der Waals surface area contributed by atoms with Gasteiger partial charge in [0.2, 0.25) is 0 Å². The Kier molecular flexibility index (Phi) is 11.5. The topological polar surface area (TPSA) is 60.7 Å². The van der Waals surface area contributed by atoms with Crippen molar-refractivity contribution in [2.24, 2.45) is 40.9 Å². The zero-order chi connectivity index (χ0) is 23.9. The third-order valence-electron chi connectivity index (χ3n) is 9.52. The molecule has 0 spiro atoms. The quantitative estimate of drug-likeness (QED) is 0.317. The van der Waals surface area contributed by atoms with Crippen LogP contribution in [0.15, 0.2) is 0 Å². The van der Waals surface area contributed by atoms with Crippen LogP contribution in [-0.2, 0) is 0 Å². The van der Waals surface area contributed by atoms with Gasteiger partial charge in [0, 0.05) is 0 Å². The molecule has 0 aromatic rings. The van der Waals surface area contributed by atoms with Gasteiger partial charge < -0.3 is 15.3 Å². The number of rotatable bonds is 11. The largest absolute Gasteiger partial charge is 0.393 e. The first kappa shape index (κ1) is 28.1. The van der Waals surface area contributed by atoms with Gasteiger partial charge in [-0.25, -0.2) is 0 Å². The van der Waals surface area contributed by atoms with Gasteiger partial charge in [-0.1, -0.05) is 73.6 Å². The molecule has 0 radical (unpaired) electrons. The molecule has 3 N–H and O–H groups in total. The van der Waals surface area contributed by atoms with Crippen molar-refractivity contribution in [2.45, 2.75) is 143 Å². The highest BCUT2D eigenvalue weighted by Gasteiger charge is 2.32. The van der Waals surface area contributed by atoms with Gasteiger partial charge in [0.05, 0.1) is 18.3 Å². The minimum Gasteiger partial charge on any atom is -0.393 e. The molecule has 0 heterocycles. The molecule has 0 aliphatic heterocycles. The van der Waals surface area contributed by atoms with Crippen molar-refractivity contribution >= 4 is 0 Å². The number of hydrogen-bond donors (Lipinski definition) is 3. The summed E-state index contributed by atoms with van der Waals surface area (Å²) in [5.74, 6) is 3.58. The molecule has 190 valence electrons. The number of hydrogen-bond acceptors (Lipinski definition) is 3. The van der Waals surface area contributed by atoms with Gasteiger partial charge in [-0.2, -0.15) is 0 Å².